The molecule has 0 aliphatic carbocycles. The van der Waals surface area contributed by atoms with Crippen molar-refractivity contribution < 1.29 is 0 Å². The van der Waals surface area contributed by atoms with E-state index < -0.39 is 0 Å². The quantitative estimate of drug-likeness (QED) is 0.810. The molecule has 0 amide bonds. The molecular weight excluding hydrogens is 192 g/mol. The lowest BCUT2D eigenvalue weighted by Gasteiger charge is -2.11. The third-order valence-electron chi connectivity index (χ3n) is 2.38. The Morgan fingerprint density at radius 1 is 1.47 bits per heavy atom. The Kier molecular flexibility index (Phi) is 2.49. The summed E-state index contributed by atoms with van der Waals surface area (Å²) in [6.45, 7) is 4.22. The SMILES string of the molecule is CC[C@@H](C)Nc1ncnc2c1nnn2C. The molecule has 6 nitrogen and oxygen atoms in total. The van der Waals surface area contributed by atoms with Crippen LogP contribution in [-0.2, 0) is 7.05 Å². The Morgan fingerprint density at radius 3 is 3.00 bits per heavy atom. The number of nitrogens with one attached hydrogen (secondary N) is 1. The summed E-state index contributed by atoms with van der Waals surface area (Å²) in [5.41, 5.74) is 1.47. The highest BCUT2D eigenvalue weighted by Crippen LogP contribution is 2.16. The highest BCUT2D eigenvalue weighted by molar-refractivity contribution is 5.81. The predicted molar refractivity (Wildman–Crippen MR) is 57.5 cm³/mol. The van der Waals surface area contributed by atoms with Crippen molar-refractivity contribution in [3.8, 4) is 0 Å². The molecule has 15 heavy (non-hydrogen) atoms. The topological polar surface area (TPSA) is 68.5 Å². The maximum Gasteiger partial charge on any atom is 0.183 e. The minimum absolute atomic E-state index is 0.366. The monoisotopic (exact) mass is 206 g/mol. The molecule has 2 rings (SSSR count). The van der Waals surface area contributed by atoms with E-state index in [-0.39, 0.29) is 0 Å². The minimum Gasteiger partial charge on any atom is -0.366 e. The van der Waals surface area contributed by atoms with Gasteiger partial charge in [-0.2, -0.15) is 0 Å². The van der Waals surface area contributed by atoms with Crippen LogP contribution in [0.15, 0.2) is 6.33 Å². The molecule has 0 aliphatic rings. The molecule has 0 saturated heterocycles. The van der Waals surface area contributed by atoms with Crippen molar-refractivity contribution in [3.63, 3.8) is 0 Å². The third-order valence-corrected chi connectivity index (χ3v) is 2.38. The number of hydrogen-bond donors (Lipinski definition) is 1. The summed E-state index contributed by atoms with van der Waals surface area (Å²) in [6.07, 6.45) is 2.56. The van der Waals surface area contributed by atoms with Crippen molar-refractivity contribution >= 4 is 17.0 Å². The second-order valence-electron chi connectivity index (χ2n) is 3.56. The van der Waals surface area contributed by atoms with E-state index in [1.807, 2.05) is 7.05 Å². The van der Waals surface area contributed by atoms with Gasteiger partial charge in [0, 0.05) is 13.1 Å². The van der Waals surface area contributed by atoms with E-state index in [2.05, 4.69) is 39.4 Å². The lowest BCUT2D eigenvalue weighted by Crippen LogP contribution is -2.14. The van der Waals surface area contributed by atoms with Crippen LogP contribution < -0.4 is 5.32 Å². The van der Waals surface area contributed by atoms with Gasteiger partial charge < -0.3 is 5.32 Å². The summed E-state index contributed by atoms with van der Waals surface area (Å²) >= 11 is 0. The molecule has 2 aromatic heterocycles. The molecule has 0 radical (unpaired) electrons. The van der Waals surface area contributed by atoms with Gasteiger partial charge in [-0.15, -0.1) is 5.10 Å². The molecule has 0 unspecified atom stereocenters. The van der Waals surface area contributed by atoms with Gasteiger partial charge in [0.25, 0.3) is 0 Å². The average Bonchev–Trinajstić information content (AvgIpc) is 2.62. The van der Waals surface area contributed by atoms with Gasteiger partial charge in [-0.1, -0.05) is 12.1 Å². The maximum atomic E-state index is 4.17. The first-order chi connectivity index (χ1) is 7.22. The number of fused-ring (bicyclic) bond motifs is 1. The van der Waals surface area contributed by atoms with Gasteiger partial charge in [0.2, 0.25) is 0 Å². The van der Waals surface area contributed by atoms with Crippen LogP contribution in [0.5, 0.6) is 0 Å². The van der Waals surface area contributed by atoms with Crippen molar-refractivity contribution in [3.05, 3.63) is 6.33 Å². The molecule has 1 N–H and O–H groups in total. The molecular formula is C9H14N6. The van der Waals surface area contributed by atoms with Crippen LogP contribution in [0.3, 0.4) is 0 Å². The molecule has 80 valence electrons. The second-order valence-corrected chi connectivity index (χ2v) is 3.56. The number of hydrogen-bond acceptors (Lipinski definition) is 5. The summed E-state index contributed by atoms with van der Waals surface area (Å²) in [7, 11) is 1.81. The normalized spacial score (nSPS) is 13.0. The number of nitrogens with zero attached hydrogens (tertiary/aromatic N) is 5. The highest BCUT2D eigenvalue weighted by Gasteiger charge is 2.10. The summed E-state index contributed by atoms with van der Waals surface area (Å²) in [6, 6.07) is 0.366. The number of rotatable bonds is 3. The van der Waals surface area contributed by atoms with Crippen molar-refractivity contribution in [2.75, 3.05) is 5.32 Å². The third kappa shape index (κ3) is 1.74. The maximum absolute atomic E-state index is 4.17. The Bertz CT molecular complexity index is 463. The van der Waals surface area contributed by atoms with E-state index in [0.29, 0.717) is 6.04 Å². The van der Waals surface area contributed by atoms with Gasteiger partial charge in [-0.25, -0.2) is 14.6 Å². The van der Waals surface area contributed by atoms with Crippen LogP contribution in [0.25, 0.3) is 11.2 Å². The molecule has 1 atom stereocenters. The van der Waals surface area contributed by atoms with E-state index >= 15 is 0 Å². The van der Waals surface area contributed by atoms with Gasteiger partial charge >= 0.3 is 0 Å². The highest BCUT2D eigenvalue weighted by atomic mass is 15.4. The fourth-order valence-corrected chi connectivity index (χ4v) is 1.29. The molecule has 6 heteroatoms. The number of anilines is 1. The molecule has 0 bridgehead atoms. The minimum atomic E-state index is 0.366. The van der Waals surface area contributed by atoms with Crippen molar-refractivity contribution in [1.29, 1.82) is 0 Å². The van der Waals surface area contributed by atoms with E-state index in [4.69, 9.17) is 0 Å². The fraction of sp³-hybridized carbons (Fsp3) is 0.556. The van der Waals surface area contributed by atoms with E-state index in [9.17, 15) is 0 Å². The molecule has 2 aromatic rings. The van der Waals surface area contributed by atoms with Crippen LogP contribution in [0.4, 0.5) is 5.82 Å². The standard InChI is InChI=1S/C9H14N6/c1-4-6(2)12-8-7-9(11-5-10-8)15(3)14-13-7/h5-6H,4H2,1-3H3,(H,10,11,12)/t6-/m1/s1. The summed E-state index contributed by atoms with van der Waals surface area (Å²) in [5, 5.41) is 11.2. The first-order valence-electron chi connectivity index (χ1n) is 4.99. The Labute approximate surface area is 87.7 Å². The van der Waals surface area contributed by atoms with Crippen molar-refractivity contribution in [2.45, 2.75) is 26.3 Å². The zero-order valence-corrected chi connectivity index (χ0v) is 9.10. The smallest absolute Gasteiger partial charge is 0.183 e. The first kappa shape index (κ1) is 9.82. The zero-order chi connectivity index (χ0) is 10.8. The number of aryl methyl sites for hydroxylation is 1. The molecule has 0 aromatic carbocycles. The summed E-state index contributed by atoms with van der Waals surface area (Å²) in [5.74, 6) is 0.752. The lowest BCUT2D eigenvalue weighted by atomic mass is 10.2. The predicted octanol–water partition coefficient (Wildman–Crippen LogP) is 0.969. The number of aromatic nitrogens is 5. The van der Waals surface area contributed by atoms with Crippen molar-refractivity contribution in [2.24, 2.45) is 7.05 Å². The zero-order valence-electron chi connectivity index (χ0n) is 9.10. The van der Waals surface area contributed by atoms with Crippen LogP contribution in [0.2, 0.25) is 0 Å². The fourth-order valence-electron chi connectivity index (χ4n) is 1.29. The molecule has 2 heterocycles. The second kappa shape index (κ2) is 3.80. The largest absolute Gasteiger partial charge is 0.366 e. The Hall–Kier alpha value is -1.72. The van der Waals surface area contributed by atoms with Gasteiger partial charge in [0.05, 0.1) is 0 Å². The lowest BCUT2D eigenvalue weighted by molar-refractivity contribution is 0.729. The van der Waals surface area contributed by atoms with E-state index in [1.54, 1.807) is 4.68 Å². The van der Waals surface area contributed by atoms with Crippen LogP contribution in [0.1, 0.15) is 20.3 Å². The Morgan fingerprint density at radius 2 is 2.27 bits per heavy atom. The van der Waals surface area contributed by atoms with Crippen molar-refractivity contribution in [1.82, 2.24) is 25.0 Å². The van der Waals surface area contributed by atoms with Crippen LogP contribution in [-0.4, -0.2) is 31.0 Å². The van der Waals surface area contributed by atoms with Gasteiger partial charge in [-0.3, -0.25) is 0 Å². The summed E-state index contributed by atoms with van der Waals surface area (Å²) in [4.78, 5) is 8.29. The van der Waals surface area contributed by atoms with Gasteiger partial charge in [0.15, 0.2) is 17.0 Å². The van der Waals surface area contributed by atoms with Crippen LogP contribution >= 0.6 is 0 Å². The average molecular weight is 206 g/mol. The summed E-state index contributed by atoms with van der Waals surface area (Å²) < 4.78 is 1.64. The molecule has 0 spiro atoms. The molecule has 0 aliphatic heterocycles. The van der Waals surface area contributed by atoms with Crippen LogP contribution in [0, 0.1) is 0 Å². The molecule has 0 saturated carbocycles. The van der Waals surface area contributed by atoms with Gasteiger partial charge in [-0.05, 0) is 13.3 Å². The van der Waals surface area contributed by atoms with E-state index in [1.165, 1.54) is 6.33 Å². The van der Waals surface area contributed by atoms with E-state index in [0.717, 1.165) is 23.4 Å². The first-order valence-corrected chi connectivity index (χ1v) is 4.99. The molecule has 0 fully saturated rings. The Balaban J connectivity index is 2.43. The van der Waals surface area contributed by atoms with Gasteiger partial charge in [0.1, 0.15) is 6.33 Å².